The van der Waals surface area contributed by atoms with Gasteiger partial charge in [-0.2, -0.15) is 0 Å². The van der Waals surface area contributed by atoms with Crippen LogP contribution >= 0.6 is 15.9 Å². The third-order valence-corrected chi connectivity index (χ3v) is 3.94. The zero-order valence-electron chi connectivity index (χ0n) is 13.1. The van der Waals surface area contributed by atoms with Crippen LogP contribution < -0.4 is 10.8 Å². The van der Waals surface area contributed by atoms with Crippen LogP contribution in [0.1, 0.15) is 10.4 Å². The van der Waals surface area contributed by atoms with Crippen molar-refractivity contribution in [3.05, 3.63) is 52.3 Å². The number of nitrogens with zero attached hydrogens (tertiary/aromatic N) is 1. The lowest BCUT2D eigenvalue weighted by molar-refractivity contribution is 0.0169. The molecule has 3 rings (SSSR count). The maximum atomic E-state index is 14.9. The van der Waals surface area contributed by atoms with Gasteiger partial charge < -0.3 is 15.4 Å². The van der Waals surface area contributed by atoms with Gasteiger partial charge in [-0.1, -0.05) is 15.9 Å². The fraction of sp³-hybridized carbons (Fsp3) is 0.125. The van der Waals surface area contributed by atoms with Crippen molar-refractivity contribution in [1.82, 2.24) is 15.4 Å². The highest BCUT2D eigenvalue weighted by Gasteiger charge is 2.21. The second-order valence-corrected chi connectivity index (χ2v) is 6.08. The van der Waals surface area contributed by atoms with E-state index in [0.29, 0.717) is 4.47 Å². The number of carbonyl (C=O) groups excluding carboxylic acids is 1. The molecule has 0 radical (unpaired) electrons. The fourth-order valence-corrected chi connectivity index (χ4v) is 2.62. The number of carbonyl (C=O) groups is 1. The van der Waals surface area contributed by atoms with E-state index in [1.165, 1.54) is 24.5 Å². The summed E-state index contributed by atoms with van der Waals surface area (Å²) in [6.45, 7) is -0.436. The molecular formula is C16H13BrF2N4O3. The summed E-state index contributed by atoms with van der Waals surface area (Å²) in [7, 11) is 0. The average Bonchev–Trinajstić information content (AvgIpc) is 3.08. The lowest BCUT2D eigenvalue weighted by Crippen LogP contribution is -2.26. The van der Waals surface area contributed by atoms with Crippen molar-refractivity contribution in [2.75, 3.05) is 18.5 Å². The molecule has 0 unspecified atom stereocenters. The van der Waals surface area contributed by atoms with Crippen LogP contribution in [0.3, 0.4) is 0 Å². The molecule has 0 bridgehead atoms. The molecule has 7 nitrogen and oxygen atoms in total. The van der Waals surface area contributed by atoms with E-state index in [-0.39, 0.29) is 41.2 Å². The number of aromatic nitrogens is 2. The molecule has 0 saturated heterocycles. The zero-order valence-corrected chi connectivity index (χ0v) is 14.7. The second kappa shape index (κ2) is 7.77. The van der Waals surface area contributed by atoms with Crippen molar-refractivity contribution in [3.8, 4) is 0 Å². The molecule has 0 saturated carbocycles. The largest absolute Gasteiger partial charge is 0.394 e. The summed E-state index contributed by atoms with van der Waals surface area (Å²) in [4.78, 5) is 23.7. The zero-order chi connectivity index (χ0) is 18.7. The van der Waals surface area contributed by atoms with Gasteiger partial charge in [0.05, 0.1) is 42.0 Å². The summed E-state index contributed by atoms with van der Waals surface area (Å²) in [5, 5.41) is 11.3. The van der Waals surface area contributed by atoms with E-state index >= 15 is 0 Å². The Labute approximate surface area is 154 Å². The molecule has 3 aromatic rings. The SMILES string of the molecule is O=C(NOCCO)c1cc2[nH]cnc2c(F)c1Nc1ccc(Br)cc1F. The van der Waals surface area contributed by atoms with Crippen LogP contribution in [0, 0.1) is 11.6 Å². The van der Waals surface area contributed by atoms with E-state index in [1.54, 1.807) is 6.07 Å². The van der Waals surface area contributed by atoms with Gasteiger partial charge in [0.25, 0.3) is 5.91 Å². The molecule has 136 valence electrons. The molecular weight excluding hydrogens is 414 g/mol. The number of halogens is 3. The normalized spacial score (nSPS) is 10.9. The van der Waals surface area contributed by atoms with Crippen LogP contribution in [0.15, 0.2) is 35.1 Å². The van der Waals surface area contributed by atoms with Gasteiger partial charge in [0, 0.05) is 4.47 Å². The van der Waals surface area contributed by atoms with E-state index in [9.17, 15) is 13.6 Å². The van der Waals surface area contributed by atoms with Gasteiger partial charge in [-0.25, -0.2) is 19.2 Å². The highest BCUT2D eigenvalue weighted by atomic mass is 79.9. The second-order valence-electron chi connectivity index (χ2n) is 5.16. The van der Waals surface area contributed by atoms with Gasteiger partial charge >= 0.3 is 0 Å². The Hall–Kier alpha value is -2.56. The first-order chi connectivity index (χ1) is 12.5. The third kappa shape index (κ3) is 3.66. The van der Waals surface area contributed by atoms with E-state index in [4.69, 9.17) is 9.94 Å². The maximum Gasteiger partial charge on any atom is 0.277 e. The number of H-pyrrole nitrogens is 1. The minimum Gasteiger partial charge on any atom is -0.394 e. The predicted molar refractivity (Wildman–Crippen MR) is 93.9 cm³/mol. The molecule has 10 heteroatoms. The van der Waals surface area contributed by atoms with Crippen molar-refractivity contribution >= 4 is 44.2 Å². The van der Waals surface area contributed by atoms with Gasteiger partial charge in [0.1, 0.15) is 11.3 Å². The van der Waals surface area contributed by atoms with Crippen molar-refractivity contribution in [3.63, 3.8) is 0 Å². The molecule has 26 heavy (non-hydrogen) atoms. The Balaban J connectivity index is 2.04. The van der Waals surface area contributed by atoms with Crippen LogP contribution in [0.25, 0.3) is 11.0 Å². The van der Waals surface area contributed by atoms with Crippen molar-refractivity contribution in [1.29, 1.82) is 0 Å². The quantitative estimate of drug-likeness (QED) is 0.358. The molecule has 1 heterocycles. The Morgan fingerprint density at radius 1 is 1.35 bits per heavy atom. The van der Waals surface area contributed by atoms with Gasteiger partial charge in [-0.3, -0.25) is 9.63 Å². The highest BCUT2D eigenvalue weighted by molar-refractivity contribution is 9.10. The number of anilines is 2. The minimum absolute atomic E-state index is 0.00199. The maximum absolute atomic E-state index is 14.9. The first-order valence-corrected chi connectivity index (χ1v) is 8.21. The lowest BCUT2D eigenvalue weighted by Gasteiger charge is -2.14. The van der Waals surface area contributed by atoms with Crippen LogP contribution in [-0.4, -0.2) is 34.2 Å². The fourth-order valence-electron chi connectivity index (χ4n) is 2.29. The number of hydroxylamine groups is 1. The number of fused-ring (bicyclic) bond motifs is 1. The molecule has 0 aliphatic heterocycles. The summed E-state index contributed by atoms with van der Waals surface area (Å²) < 4.78 is 29.5. The average molecular weight is 427 g/mol. The molecule has 0 aliphatic rings. The van der Waals surface area contributed by atoms with Crippen LogP contribution in [0.5, 0.6) is 0 Å². The summed E-state index contributed by atoms with van der Waals surface area (Å²) >= 11 is 3.14. The number of hydrogen-bond donors (Lipinski definition) is 4. The van der Waals surface area contributed by atoms with E-state index in [0.717, 1.165) is 0 Å². The summed E-state index contributed by atoms with van der Waals surface area (Å²) in [6, 6.07) is 5.54. The van der Waals surface area contributed by atoms with Gasteiger partial charge in [-0.15, -0.1) is 0 Å². The number of hydrogen-bond acceptors (Lipinski definition) is 5. The smallest absolute Gasteiger partial charge is 0.277 e. The number of amides is 1. The number of imidazole rings is 1. The Bertz CT molecular complexity index is 964. The summed E-state index contributed by atoms with van der Waals surface area (Å²) in [6.07, 6.45) is 1.28. The van der Waals surface area contributed by atoms with Crippen molar-refractivity contribution < 1.29 is 23.5 Å². The lowest BCUT2D eigenvalue weighted by atomic mass is 10.1. The first kappa shape index (κ1) is 18.2. The van der Waals surface area contributed by atoms with Crippen molar-refractivity contribution in [2.45, 2.75) is 0 Å². The molecule has 1 aromatic heterocycles. The molecule has 0 fully saturated rings. The van der Waals surface area contributed by atoms with Gasteiger partial charge in [0.2, 0.25) is 0 Å². The number of aromatic amines is 1. The van der Waals surface area contributed by atoms with E-state index in [1.807, 2.05) is 0 Å². The molecule has 0 aliphatic carbocycles. The number of rotatable bonds is 6. The van der Waals surface area contributed by atoms with E-state index in [2.05, 4.69) is 36.7 Å². The number of aliphatic hydroxyl groups excluding tert-OH is 1. The molecule has 0 spiro atoms. The predicted octanol–water partition coefficient (Wildman–Crippen LogP) is 3.00. The first-order valence-electron chi connectivity index (χ1n) is 7.42. The molecule has 4 N–H and O–H groups in total. The summed E-state index contributed by atoms with van der Waals surface area (Å²) in [5.74, 6) is -2.23. The van der Waals surface area contributed by atoms with Gasteiger partial charge in [0.15, 0.2) is 5.82 Å². The Morgan fingerprint density at radius 3 is 2.88 bits per heavy atom. The molecule has 1 amide bonds. The number of nitrogens with one attached hydrogen (secondary N) is 3. The third-order valence-electron chi connectivity index (χ3n) is 3.45. The monoisotopic (exact) mass is 426 g/mol. The van der Waals surface area contributed by atoms with Crippen LogP contribution in [-0.2, 0) is 4.84 Å². The minimum atomic E-state index is -0.821. The molecule has 0 atom stereocenters. The van der Waals surface area contributed by atoms with Crippen molar-refractivity contribution in [2.24, 2.45) is 0 Å². The topological polar surface area (TPSA) is 99.3 Å². The van der Waals surface area contributed by atoms with Crippen LogP contribution in [0.4, 0.5) is 20.2 Å². The number of aliphatic hydroxyl groups is 1. The van der Waals surface area contributed by atoms with Gasteiger partial charge in [-0.05, 0) is 24.3 Å². The molecule has 2 aromatic carbocycles. The van der Waals surface area contributed by atoms with Crippen LogP contribution in [0.2, 0.25) is 0 Å². The Morgan fingerprint density at radius 2 is 2.15 bits per heavy atom. The highest BCUT2D eigenvalue weighted by Crippen LogP contribution is 2.31. The standard InChI is InChI=1S/C16H13BrF2N4O3/c17-8-1-2-11(10(18)5-8)22-14-9(16(25)23-26-4-3-24)6-12-15(13(14)19)21-7-20-12/h1-2,5-7,22,24H,3-4H2,(H,20,21)(H,23,25). The van der Waals surface area contributed by atoms with E-state index < -0.39 is 17.5 Å². The number of benzene rings is 2. The summed E-state index contributed by atoms with van der Waals surface area (Å²) in [5.41, 5.74) is 1.98. The Kier molecular flexibility index (Phi) is 5.45.